The van der Waals surface area contributed by atoms with Crippen LogP contribution in [0.15, 0.2) is 28.9 Å². The highest BCUT2D eigenvalue weighted by Crippen LogP contribution is 2.37. The van der Waals surface area contributed by atoms with Gasteiger partial charge in [-0.25, -0.2) is 0 Å². The summed E-state index contributed by atoms with van der Waals surface area (Å²) in [6, 6.07) is 6.11. The summed E-state index contributed by atoms with van der Waals surface area (Å²) in [5, 5.41) is 4.46. The van der Waals surface area contributed by atoms with Crippen LogP contribution in [-0.4, -0.2) is 16.9 Å². The molecular weight excluding hydrogens is 334 g/mol. The van der Waals surface area contributed by atoms with Gasteiger partial charge in [-0.05, 0) is 53.5 Å². The Bertz CT molecular complexity index is 611. The highest BCUT2D eigenvalue weighted by molar-refractivity contribution is 9.10. The van der Waals surface area contributed by atoms with Gasteiger partial charge in [-0.2, -0.15) is 5.10 Å². The van der Waals surface area contributed by atoms with Crippen LogP contribution in [0.25, 0.3) is 0 Å². The van der Waals surface area contributed by atoms with Crippen LogP contribution in [0.3, 0.4) is 0 Å². The van der Waals surface area contributed by atoms with Crippen molar-refractivity contribution in [2.45, 2.75) is 33.0 Å². The number of methoxy groups -OCH3 is 1. The molecule has 0 aliphatic carbocycles. The first-order chi connectivity index (χ1) is 10.0. The summed E-state index contributed by atoms with van der Waals surface area (Å²) in [6.07, 6.45) is 1.95. The SMILES string of the molecule is COc1cc(CN)cc(Br)c1OCc1ccn(C(C)C)n1. The average Bonchev–Trinajstić information content (AvgIpc) is 2.94. The summed E-state index contributed by atoms with van der Waals surface area (Å²) in [4.78, 5) is 0. The minimum atomic E-state index is 0.337. The molecule has 1 heterocycles. The molecule has 5 nitrogen and oxygen atoms in total. The molecule has 0 saturated heterocycles. The second kappa shape index (κ2) is 6.95. The van der Waals surface area contributed by atoms with Crippen LogP contribution in [0.5, 0.6) is 11.5 Å². The molecule has 2 N–H and O–H groups in total. The van der Waals surface area contributed by atoms with Crippen LogP contribution in [0.2, 0.25) is 0 Å². The van der Waals surface area contributed by atoms with Crippen molar-refractivity contribution in [3.05, 3.63) is 40.1 Å². The van der Waals surface area contributed by atoms with E-state index in [1.807, 2.05) is 29.1 Å². The maximum absolute atomic E-state index is 5.85. The van der Waals surface area contributed by atoms with E-state index >= 15 is 0 Å². The highest BCUT2D eigenvalue weighted by Gasteiger charge is 2.12. The van der Waals surface area contributed by atoms with Gasteiger partial charge in [0.1, 0.15) is 6.61 Å². The van der Waals surface area contributed by atoms with E-state index in [0.717, 1.165) is 15.7 Å². The largest absolute Gasteiger partial charge is 0.493 e. The van der Waals surface area contributed by atoms with E-state index in [4.69, 9.17) is 15.2 Å². The van der Waals surface area contributed by atoms with Crippen molar-refractivity contribution < 1.29 is 9.47 Å². The predicted octanol–water partition coefficient (Wildman–Crippen LogP) is 3.27. The minimum Gasteiger partial charge on any atom is -0.493 e. The summed E-state index contributed by atoms with van der Waals surface area (Å²) in [6.45, 7) is 5.01. The fraction of sp³-hybridized carbons (Fsp3) is 0.400. The second-order valence-electron chi connectivity index (χ2n) is 4.98. The Labute approximate surface area is 133 Å². The molecule has 0 aliphatic heterocycles. The van der Waals surface area contributed by atoms with Crippen molar-refractivity contribution in [3.8, 4) is 11.5 Å². The van der Waals surface area contributed by atoms with Crippen molar-refractivity contribution in [2.24, 2.45) is 5.73 Å². The lowest BCUT2D eigenvalue weighted by Gasteiger charge is -2.13. The van der Waals surface area contributed by atoms with Gasteiger partial charge in [0.05, 0.1) is 17.3 Å². The molecule has 0 unspecified atom stereocenters. The molecule has 0 fully saturated rings. The Morgan fingerprint density at radius 2 is 2.14 bits per heavy atom. The zero-order valence-corrected chi connectivity index (χ0v) is 14.1. The van der Waals surface area contributed by atoms with Gasteiger partial charge in [0, 0.05) is 18.8 Å². The first-order valence-corrected chi connectivity index (χ1v) is 7.57. The first-order valence-electron chi connectivity index (χ1n) is 6.78. The van der Waals surface area contributed by atoms with Crippen LogP contribution in [0.4, 0.5) is 0 Å². The Morgan fingerprint density at radius 1 is 1.38 bits per heavy atom. The van der Waals surface area contributed by atoms with Crippen molar-refractivity contribution in [1.82, 2.24) is 9.78 Å². The topological polar surface area (TPSA) is 62.3 Å². The number of hydrogen-bond acceptors (Lipinski definition) is 4. The van der Waals surface area contributed by atoms with Gasteiger partial charge >= 0.3 is 0 Å². The molecule has 0 saturated carbocycles. The fourth-order valence-electron chi connectivity index (χ4n) is 1.92. The van der Waals surface area contributed by atoms with Crippen LogP contribution in [0.1, 0.15) is 31.1 Å². The number of nitrogens with two attached hydrogens (primary N) is 1. The molecule has 2 aromatic rings. The normalized spacial score (nSPS) is 11.0. The van der Waals surface area contributed by atoms with Gasteiger partial charge in [0.15, 0.2) is 11.5 Å². The third-order valence-electron chi connectivity index (χ3n) is 3.08. The molecule has 1 aromatic heterocycles. The highest BCUT2D eigenvalue weighted by atomic mass is 79.9. The molecule has 0 atom stereocenters. The molecule has 0 amide bonds. The van der Waals surface area contributed by atoms with Crippen molar-refractivity contribution in [1.29, 1.82) is 0 Å². The van der Waals surface area contributed by atoms with Crippen LogP contribution in [0, 0.1) is 0 Å². The first kappa shape index (κ1) is 15.9. The van der Waals surface area contributed by atoms with Crippen molar-refractivity contribution >= 4 is 15.9 Å². The standard InChI is InChI=1S/C15H20BrN3O2/c1-10(2)19-5-4-12(18-19)9-21-15-13(16)6-11(8-17)7-14(15)20-3/h4-7,10H,8-9,17H2,1-3H3. The zero-order valence-electron chi connectivity index (χ0n) is 12.5. The summed E-state index contributed by atoms with van der Waals surface area (Å²) < 4.78 is 13.9. The third-order valence-corrected chi connectivity index (χ3v) is 3.67. The van der Waals surface area contributed by atoms with E-state index in [1.165, 1.54) is 0 Å². The number of halogens is 1. The summed E-state index contributed by atoms with van der Waals surface area (Å²) in [5.74, 6) is 1.32. The monoisotopic (exact) mass is 353 g/mol. The lowest BCUT2D eigenvalue weighted by Crippen LogP contribution is -2.04. The van der Waals surface area contributed by atoms with Gasteiger partial charge in [0.25, 0.3) is 0 Å². The van der Waals surface area contributed by atoms with Crippen LogP contribution < -0.4 is 15.2 Å². The van der Waals surface area contributed by atoms with Gasteiger partial charge in [-0.1, -0.05) is 0 Å². The number of aromatic nitrogens is 2. The smallest absolute Gasteiger partial charge is 0.175 e. The quantitative estimate of drug-likeness (QED) is 0.865. The lowest BCUT2D eigenvalue weighted by atomic mass is 10.2. The Kier molecular flexibility index (Phi) is 5.25. The maximum atomic E-state index is 5.85. The Balaban J connectivity index is 2.15. The summed E-state index contributed by atoms with van der Waals surface area (Å²) in [7, 11) is 1.61. The van der Waals surface area contributed by atoms with Gasteiger partial charge in [-0.3, -0.25) is 4.68 Å². The second-order valence-corrected chi connectivity index (χ2v) is 5.84. The van der Waals surface area contributed by atoms with E-state index in [1.54, 1.807) is 7.11 Å². The van der Waals surface area contributed by atoms with E-state index in [9.17, 15) is 0 Å². The average molecular weight is 354 g/mol. The van der Waals surface area contributed by atoms with E-state index in [0.29, 0.717) is 30.7 Å². The molecular formula is C15H20BrN3O2. The Morgan fingerprint density at radius 3 is 2.71 bits per heavy atom. The molecule has 2 rings (SSSR count). The molecule has 1 aromatic carbocycles. The van der Waals surface area contributed by atoms with Gasteiger partial charge in [-0.15, -0.1) is 0 Å². The predicted molar refractivity (Wildman–Crippen MR) is 85.5 cm³/mol. The summed E-state index contributed by atoms with van der Waals surface area (Å²) in [5.41, 5.74) is 7.52. The third kappa shape index (κ3) is 3.77. The number of benzene rings is 1. The number of rotatable bonds is 6. The van der Waals surface area contributed by atoms with Crippen molar-refractivity contribution in [2.75, 3.05) is 7.11 Å². The number of hydrogen-bond donors (Lipinski definition) is 1. The molecule has 6 heteroatoms. The minimum absolute atomic E-state index is 0.337. The van der Waals surface area contributed by atoms with Crippen LogP contribution >= 0.6 is 15.9 Å². The molecule has 0 spiro atoms. The van der Waals surface area contributed by atoms with Crippen LogP contribution in [-0.2, 0) is 13.2 Å². The van der Waals surface area contributed by atoms with E-state index in [-0.39, 0.29) is 0 Å². The molecule has 0 bridgehead atoms. The van der Waals surface area contributed by atoms with Crippen molar-refractivity contribution in [3.63, 3.8) is 0 Å². The maximum Gasteiger partial charge on any atom is 0.175 e. The number of nitrogens with zero attached hydrogens (tertiary/aromatic N) is 2. The van der Waals surface area contributed by atoms with Gasteiger partial charge in [0.2, 0.25) is 0 Å². The molecule has 21 heavy (non-hydrogen) atoms. The zero-order chi connectivity index (χ0) is 15.4. The van der Waals surface area contributed by atoms with E-state index < -0.39 is 0 Å². The molecule has 0 aliphatic rings. The lowest BCUT2D eigenvalue weighted by molar-refractivity contribution is 0.277. The van der Waals surface area contributed by atoms with Gasteiger partial charge < -0.3 is 15.2 Å². The Hall–Kier alpha value is -1.53. The number of ether oxygens (including phenoxy) is 2. The fourth-order valence-corrected chi connectivity index (χ4v) is 2.52. The van der Waals surface area contributed by atoms with E-state index in [2.05, 4.69) is 34.9 Å². The molecule has 114 valence electrons. The summed E-state index contributed by atoms with van der Waals surface area (Å²) >= 11 is 3.50. The molecule has 0 radical (unpaired) electrons.